The van der Waals surface area contributed by atoms with E-state index in [1.54, 1.807) is 18.3 Å². The second kappa shape index (κ2) is 9.67. The summed E-state index contributed by atoms with van der Waals surface area (Å²) in [5, 5.41) is 9.31. The SMILES string of the molecule is COc1ccc(-c2cn(C(=O)N(C)C3CCN(Cc4ccccc4)CC3)cn2)cc1C#N. The molecule has 1 amide bonds. The molecule has 0 aliphatic carbocycles. The van der Waals surface area contributed by atoms with E-state index in [-0.39, 0.29) is 12.1 Å². The Bertz CT molecular complexity index is 1110. The highest BCUT2D eigenvalue weighted by molar-refractivity contribution is 5.78. The standard InChI is InChI=1S/C25H27N5O2/c1-28(22-10-12-29(13-11-22)16-19-6-4-3-5-7-19)25(31)30-17-23(27-18-30)20-8-9-24(32-2)21(14-20)15-26/h3-9,14,17-18,22H,10-13,16H2,1-2H3. The van der Waals surface area contributed by atoms with Crippen LogP contribution in [0, 0.1) is 11.3 Å². The molecule has 1 aliphatic rings. The Morgan fingerprint density at radius 3 is 2.66 bits per heavy atom. The molecule has 0 spiro atoms. The van der Waals surface area contributed by atoms with Crippen LogP contribution >= 0.6 is 0 Å². The van der Waals surface area contributed by atoms with Gasteiger partial charge in [-0.05, 0) is 36.6 Å². The number of aromatic nitrogens is 2. The summed E-state index contributed by atoms with van der Waals surface area (Å²) < 4.78 is 6.71. The van der Waals surface area contributed by atoms with Crippen molar-refractivity contribution in [2.75, 3.05) is 27.2 Å². The van der Waals surface area contributed by atoms with Gasteiger partial charge in [0.25, 0.3) is 0 Å². The molecule has 2 heterocycles. The molecule has 32 heavy (non-hydrogen) atoms. The molecule has 0 saturated carbocycles. The lowest BCUT2D eigenvalue weighted by Crippen LogP contribution is -2.46. The molecule has 1 aliphatic heterocycles. The van der Waals surface area contributed by atoms with Crippen LogP contribution in [0.5, 0.6) is 5.75 Å². The van der Waals surface area contributed by atoms with Crippen molar-refractivity contribution in [3.8, 4) is 23.1 Å². The number of hydrogen-bond acceptors (Lipinski definition) is 5. The minimum absolute atomic E-state index is 0.0979. The zero-order valence-electron chi connectivity index (χ0n) is 18.4. The van der Waals surface area contributed by atoms with Gasteiger partial charge in [0.15, 0.2) is 0 Å². The lowest BCUT2D eigenvalue weighted by atomic mass is 10.0. The summed E-state index contributed by atoms with van der Waals surface area (Å²) in [5.74, 6) is 0.519. The van der Waals surface area contributed by atoms with E-state index in [2.05, 4.69) is 40.2 Å². The summed E-state index contributed by atoms with van der Waals surface area (Å²) in [5.41, 5.74) is 3.17. The summed E-state index contributed by atoms with van der Waals surface area (Å²) >= 11 is 0. The highest BCUT2D eigenvalue weighted by Gasteiger charge is 2.26. The molecule has 4 rings (SSSR count). The summed E-state index contributed by atoms with van der Waals surface area (Å²) in [6.07, 6.45) is 5.14. The number of carbonyl (C=O) groups is 1. The maximum Gasteiger partial charge on any atom is 0.329 e. The van der Waals surface area contributed by atoms with Crippen molar-refractivity contribution < 1.29 is 9.53 Å². The molecule has 3 aromatic rings. The molecule has 1 saturated heterocycles. The normalized spacial score (nSPS) is 14.7. The summed E-state index contributed by atoms with van der Waals surface area (Å²) in [6, 6.07) is 18.0. The van der Waals surface area contributed by atoms with Gasteiger partial charge in [-0.1, -0.05) is 30.3 Å². The molecule has 7 nitrogen and oxygen atoms in total. The molecule has 2 aromatic carbocycles. The molecule has 0 radical (unpaired) electrons. The zero-order chi connectivity index (χ0) is 22.5. The van der Waals surface area contributed by atoms with Crippen LogP contribution in [0.1, 0.15) is 24.0 Å². The van der Waals surface area contributed by atoms with Gasteiger partial charge in [-0.15, -0.1) is 0 Å². The quantitative estimate of drug-likeness (QED) is 0.613. The average molecular weight is 430 g/mol. The minimum Gasteiger partial charge on any atom is -0.495 e. The predicted octanol–water partition coefficient (Wildman–Crippen LogP) is 3.99. The van der Waals surface area contributed by atoms with Gasteiger partial charge in [-0.3, -0.25) is 9.47 Å². The van der Waals surface area contributed by atoms with Crippen LogP contribution in [0.2, 0.25) is 0 Å². The number of rotatable bonds is 5. The first-order chi connectivity index (χ1) is 15.6. The highest BCUT2D eigenvalue weighted by atomic mass is 16.5. The molecular formula is C25H27N5O2. The third kappa shape index (κ3) is 4.66. The van der Waals surface area contributed by atoms with Crippen molar-refractivity contribution in [3.63, 3.8) is 0 Å². The number of nitriles is 1. The number of likely N-dealkylation sites (tertiary alicyclic amines) is 1. The smallest absolute Gasteiger partial charge is 0.329 e. The second-order valence-electron chi connectivity index (χ2n) is 8.08. The fourth-order valence-corrected chi connectivity index (χ4v) is 4.18. The van der Waals surface area contributed by atoms with Gasteiger partial charge in [-0.25, -0.2) is 9.78 Å². The third-order valence-corrected chi connectivity index (χ3v) is 6.07. The first kappa shape index (κ1) is 21.6. The number of ether oxygens (including phenoxy) is 1. The molecule has 0 atom stereocenters. The Labute approximate surface area is 188 Å². The highest BCUT2D eigenvalue weighted by Crippen LogP contribution is 2.25. The van der Waals surface area contributed by atoms with E-state index in [0.29, 0.717) is 17.0 Å². The lowest BCUT2D eigenvalue weighted by molar-refractivity contribution is 0.132. The lowest BCUT2D eigenvalue weighted by Gasteiger charge is -2.36. The Hall–Kier alpha value is -3.63. The van der Waals surface area contributed by atoms with E-state index in [1.807, 2.05) is 24.1 Å². The number of hydrogen-bond donors (Lipinski definition) is 0. The van der Waals surface area contributed by atoms with Gasteiger partial charge in [0.2, 0.25) is 0 Å². The molecule has 0 bridgehead atoms. The van der Waals surface area contributed by atoms with Crippen molar-refractivity contribution >= 4 is 6.03 Å². The Kier molecular flexibility index (Phi) is 6.52. The van der Waals surface area contributed by atoms with E-state index in [0.717, 1.165) is 38.0 Å². The molecule has 0 N–H and O–H groups in total. The van der Waals surface area contributed by atoms with E-state index >= 15 is 0 Å². The fourth-order valence-electron chi connectivity index (χ4n) is 4.18. The molecule has 1 fully saturated rings. The van der Waals surface area contributed by atoms with Gasteiger partial charge in [0, 0.05) is 44.5 Å². The molecule has 164 valence electrons. The van der Waals surface area contributed by atoms with Crippen LogP contribution < -0.4 is 4.74 Å². The van der Waals surface area contributed by atoms with Gasteiger partial charge >= 0.3 is 6.03 Å². The summed E-state index contributed by atoms with van der Waals surface area (Å²) in [4.78, 5) is 21.7. The summed E-state index contributed by atoms with van der Waals surface area (Å²) in [7, 11) is 3.39. The van der Waals surface area contributed by atoms with Crippen molar-refractivity contribution in [2.45, 2.75) is 25.4 Å². The van der Waals surface area contributed by atoms with Gasteiger partial charge in [0.05, 0.1) is 18.4 Å². The van der Waals surface area contributed by atoms with Crippen molar-refractivity contribution in [1.82, 2.24) is 19.4 Å². The average Bonchev–Trinajstić information content (AvgIpc) is 3.34. The topological polar surface area (TPSA) is 74.4 Å². The monoisotopic (exact) mass is 429 g/mol. The van der Waals surface area contributed by atoms with Crippen LogP contribution in [-0.2, 0) is 6.54 Å². The van der Waals surface area contributed by atoms with E-state index in [4.69, 9.17) is 4.74 Å². The maximum atomic E-state index is 13.0. The number of piperidine rings is 1. The van der Waals surface area contributed by atoms with Crippen LogP contribution in [0.25, 0.3) is 11.3 Å². The van der Waals surface area contributed by atoms with Crippen LogP contribution in [0.3, 0.4) is 0 Å². The molecular weight excluding hydrogens is 402 g/mol. The third-order valence-electron chi connectivity index (χ3n) is 6.07. The van der Waals surface area contributed by atoms with E-state index in [1.165, 1.54) is 23.6 Å². The van der Waals surface area contributed by atoms with Gasteiger partial charge < -0.3 is 9.64 Å². The molecule has 1 aromatic heterocycles. The van der Waals surface area contributed by atoms with Crippen LogP contribution in [0.4, 0.5) is 4.79 Å². The number of imidazole rings is 1. The number of amides is 1. The summed E-state index contributed by atoms with van der Waals surface area (Å²) in [6.45, 7) is 2.88. The predicted molar refractivity (Wildman–Crippen MR) is 122 cm³/mol. The van der Waals surface area contributed by atoms with E-state index < -0.39 is 0 Å². The Morgan fingerprint density at radius 1 is 1.22 bits per heavy atom. The fraction of sp³-hybridized carbons (Fsp3) is 0.320. The largest absolute Gasteiger partial charge is 0.495 e. The first-order valence-corrected chi connectivity index (χ1v) is 10.7. The van der Waals surface area contributed by atoms with Crippen molar-refractivity contribution in [1.29, 1.82) is 5.26 Å². The first-order valence-electron chi connectivity index (χ1n) is 10.7. The minimum atomic E-state index is -0.0979. The van der Waals surface area contributed by atoms with Crippen LogP contribution in [-0.4, -0.2) is 58.7 Å². The number of nitrogens with zero attached hydrogens (tertiary/aromatic N) is 5. The second-order valence-corrected chi connectivity index (χ2v) is 8.08. The van der Waals surface area contributed by atoms with Gasteiger partial charge in [0.1, 0.15) is 18.1 Å². The Morgan fingerprint density at radius 2 is 1.97 bits per heavy atom. The Balaban J connectivity index is 1.38. The number of benzene rings is 2. The number of carbonyl (C=O) groups excluding carboxylic acids is 1. The molecule has 0 unspecified atom stereocenters. The zero-order valence-corrected chi connectivity index (χ0v) is 18.4. The van der Waals surface area contributed by atoms with E-state index in [9.17, 15) is 10.1 Å². The van der Waals surface area contributed by atoms with Crippen molar-refractivity contribution in [2.24, 2.45) is 0 Å². The number of methoxy groups -OCH3 is 1. The van der Waals surface area contributed by atoms with Gasteiger partial charge in [-0.2, -0.15) is 5.26 Å². The molecule has 7 heteroatoms. The van der Waals surface area contributed by atoms with Crippen LogP contribution in [0.15, 0.2) is 61.1 Å². The maximum absolute atomic E-state index is 13.0. The van der Waals surface area contributed by atoms with Crippen molar-refractivity contribution in [3.05, 3.63) is 72.2 Å².